The van der Waals surface area contributed by atoms with Crippen LogP contribution < -0.4 is 4.90 Å². The molecule has 0 atom stereocenters. The molecule has 3 aromatic rings. The van der Waals surface area contributed by atoms with E-state index in [0.717, 1.165) is 90.2 Å². The lowest BCUT2D eigenvalue weighted by Gasteiger charge is -2.44. The molecule has 7 heteroatoms. The van der Waals surface area contributed by atoms with Crippen molar-refractivity contribution >= 4 is 28.6 Å². The number of ether oxygens (including phenoxy) is 1. The molecule has 2 fully saturated rings. The van der Waals surface area contributed by atoms with Gasteiger partial charge in [0.2, 0.25) is 0 Å². The fraction of sp³-hybridized carbons (Fsp3) is 0.448. The molecule has 7 nitrogen and oxygen atoms in total. The monoisotopic (exact) mass is 486 g/mol. The number of nitrogens with one attached hydrogen (secondary N) is 2. The van der Waals surface area contributed by atoms with Gasteiger partial charge in [-0.15, -0.1) is 0 Å². The lowest BCUT2D eigenvalue weighted by Crippen LogP contribution is -2.56. The Labute approximate surface area is 211 Å². The van der Waals surface area contributed by atoms with E-state index >= 15 is 0 Å². The second kappa shape index (κ2) is 8.83. The van der Waals surface area contributed by atoms with E-state index < -0.39 is 0 Å². The molecule has 0 unspecified atom stereocenters. The van der Waals surface area contributed by atoms with Gasteiger partial charge in [-0.3, -0.25) is 9.69 Å². The summed E-state index contributed by atoms with van der Waals surface area (Å²) in [6.45, 7) is 10.1. The van der Waals surface area contributed by atoms with Crippen molar-refractivity contribution in [3.05, 3.63) is 63.8 Å². The molecule has 2 saturated heterocycles. The molecule has 0 bridgehead atoms. The van der Waals surface area contributed by atoms with Crippen LogP contribution in [0, 0.1) is 5.41 Å². The van der Waals surface area contributed by atoms with Crippen LogP contribution >= 0.6 is 0 Å². The number of rotatable bonds is 6. The average Bonchev–Trinajstić information content (AvgIpc) is 3.25. The van der Waals surface area contributed by atoms with E-state index in [1.807, 2.05) is 18.2 Å². The number of aliphatic hydroxyl groups is 1. The standard InChI is InChI=1S/C29H34N4O3/c1-29(2)23-14-25(33-9-7-32(8-10-33)20-16-36-17-20)19(4-3-11-34)13-22(23)27(35)26-21-6-5-18(15-30)12-24(21)31-28(26)29/h5-6,12-15,20,30-31,34H,3-4,7-11,16-17H2,1-2H3. The number of carbonyl (C=O) groups excluding carboxylic acids is 1. The Bertz CT molecular complexity index is 1350. The molecule has 6 rings (SSSR count). The first-order chi connectivity index (χ1) is 17.4. The number of hydrogen-bond acceptors (Lipinski definition) is 6. The molecular formula is C29H34N4O3. The van der Waals surface area contributed by atoms with Crippen molar-refractivity contribution in [3.63, 3.8) is 0 Å². The van der Waals surface area contributed by atoms with Gasteiger partial charge >= 0.3 is 0 Å². The van der Waals surface area contributed by atoms with Crippen molar-refractivity contribution in [2.24, 2.45) is 0 Å². The number of aryl methyl sites for hydroxylation is 1. The van der Waals surface area contributed by atoms with Crippen molar-refractivity contribution in [3.8, 4) is 0 Å². The number of anilines is 1. The second-order valence-corrected chi connectivity index (χ2v) is 10.8. The van der Waals surface area contributed by atoms with E-state index in [-0.39, 0.29) is 17.8 Å². The minimum Gasteiger partial charge on any atom is -0.396 e. The molecule has 188 valence electrons. The second-order valence-electron chi connectivity index (χ2n) is 10.8. The van der Waals surface area contributed by atoms with Crippen LogP contribution in [0.25, 0.3) is 10.9 Å². The first kappa shape index (κ1) is 23.4. The van der Waals surface area contributed by atoms with Gasteiger partial charge in [-0.25, -0.2) is 0 Å². The fourth-order valence-corrected chi connectivity index (χ4v) is 6.14. The Balaban J connectivity index is 1.43. The quantitative estimate of drug-likeness (QED) is 0.464. The lowest BCUT2D eigenvalue weighted by atomic mass is 9.70. The first-order valence-corrected chi connectivity index (χ1v) is 13.0. The largest absolute Gasteiger partial charge is 0.396 e. The highest BCUT2D eigenvalue weighted by Crippen LogP contribution is 2.46. The smallest absolute Gasteiger partial charge is 0.195 e. The summed E-state index contributed by atoms with van der Waals surface area (Å²) < 4.78 is 5.40. The molecule has 2 aromatic carbocycles. The Morgan fingerprint density at radius 1 is 1.17 bits per heavy atom. The predicted molar refractivity (Wildman–Crippen MR) is 142 cm³/mol. The van der Waals surface area contributed by atoms with Crippen LogP contribution in [-0.2, 0) is 16.6 Å². The topological polar surface area (TPSA) is 92.7 Å². The number of carbonyl (C=O) groups is 1. The summed E-state index contributed by atoms with van der Waals surface area (Å²) in [7, 11) is 0. The summed E-state index contributed by atoms with van der Waals surface area (Å²) >= 11 is 0. The Morgan fingerprint density at radius 2 is 1.94 bits per heavy atom. The highest BCUT2D eigenvalue weighted by molar-refractivity contribution is 6.20. The lowest BCUT2D eigenvalue weighted by molar-refractivity contribution is -0.0660. The number of aromatic nitrogens is 1. The zero-order valence-corrected chi connectivity index (χ0v) is 21.1. The summed E-state index contributed by atoms with van der Waals surface area (Å²) in [5, 5.41) is 18.1. The number of ketones is 1. The molecule has 36 heavy (non-hydrogen) atoms. The van der Waals surface area contributed by atoms with Gasteiger partial charge in [0.1, 0.15) is 0 Å². The van der Waals surface area contributed by atoms with Gasteiger partial charge in [-0.05, 0) is 47.7 Å². The van der Waals surface area contributed by atoms with Crippen molar-refractivity contribution < 1.29 is 14.6 Å². The van der Waals surface area contributed by atoms with E-state index in [9.17, 15) is 9.90 Å². The highest BCUT2D eigenvalue weighted by Gasteiger charge is 2.41. The van der Waals surface area contributed by atoms with Crippen molar-refractivity contribution in [1.82, 2.24) is 9.88 Å². The predicted octanol–water partition coefficient (Wildman–Crippen LogP) is 3.48. The van der Waals surface area contributed by atoms with Gasteiger partial charge in [-0.2, -0.15) is 0 Å². The van der Waals surface area contributed by atoms with Crippen LogP contribution in [0.15, 0.2) is 30.3 Å². The number of fused-ring (bicyclic) bond motifs is 4. The minimum atomic E-state index is -0.377. The number of aliphatic hydroxyl groups excluding tert-OH is 1. The van der Waals surface area contributed by atoms with Gasteiger partial charge in [0.15, 0.2) is 5.78 Å². The number of hydrogen-bond donors (Lipinski definition) is 3. The molecule has 0 spiro atoms. The van der Waals surface area contributed by atoms with Crippen LogP contribution in [0.2, 0.25) is 0 Å². The summed E-state index contributed by atoms with van der Waals surface area (Å²) in [5.41, 5.74) is 7.18. The zero-order valence-electron chi connectivity index (χ0n) is 21.1. The summed E-state index contributed by atoms with van der Waals surface area (Å²) in [4.78, 5) is 22.5. The number of nitrogens with zero attached hydrogens (tertiary/aromatic N) is 2. The number of aromatic amines is 1. The number of piperazine rings is 1. The van der Waals surface area contributed by atoms with Gasteiger partial charge in [0.25, 0.3) is 0 Å². The summed E-state index contributed by atoms with van der Waals surface area (Å²) in [6, 6.07) is 10.7. The highest BCUT2D eigenvalue weighted by atomic mass is 16.5. The van der Waals surface area contributed by atoms with E-state index in [1.165, 1.54) is 11.9 Å². The molecule has 3 heterocycles. The third kappa shape index (κ3) is 3.60. The molecule has 0 radical (unpaired) electrons. The molecule has 3 aliphatic rings. The molecule has 1 aromatic heterocycles. The Kier molecular flexibility index (Phi) is 5.74. The van der Waals surface area contributed by atoms with Crippen LogP contribution in [-0.4, -0.2) is 79.0 Å². The van der Waals surface area contributed by atoms with Crippen molar-refractivity contribution in [2.75, 3.05) is 50.9 Å². The molecule has 0 amide bonds. The molecule has 0 saturated carbocycles. The van der Waals surface area contributed by atoms with Crippen LogP contribution in [0.4, 0.5) is 5.69 Å². The van der Waals surface area contributed by atoms with E-state index in [0.29, 0.717) is 12.5 Å². The van der Waals surface area contributed by atoms with Crippen LogP contribution in [0.1, 0.15) is 58.6 Å². The van der Waals surface area contributed by atoms with Gasteiger partial charge in [0.05, 0.1) is 24.8 Å². The normalized spacial score (nSPS) is 19.8. The Morgan fingerprint density at radius 3 is 2.61 bits per heavy atom. The van der Waals surface area contributed by atoms with Gasteiger partial charge in [-0.1, -0.05) is 26.0 Å². The Hall–Kier alpha value is -3.00. The number of H-pyrrole nitrogens is 1. The maximum absolute atomic E-state index is 14.0. The first-order valence-electron chi connectivity index (χ1n) is 13.0. The molecular weight excluding hydrogens is 452 g/mol. The van der Waals surface area contributed by atoms with E-state index in [1.54, 1.807) is 0 Å². The van der Waals surface area contributed by atoms with E-state index in [2.05, 4.69) is 40.8 Å². The third-order valence-corrected chi connectivity index (χ3v) is 8.37. The summed E-state index contributed by atoms with van der Waals surface area (Å²) in [5.74, 6) is 0.0554. The van der Waals surface area contributed by atoms with Gasteiger partial charge < -0.3 is 25.1 Å². The van der Waals surface area contributed by atoms with Crippen LogP contribution in [0.5, 0.6) is 0 Å². The minimum absolute atomic E-state index is 0.0554. The van der Waals surface area contributed by atoms with Crippen LogP contribution in [0.3, 0.4) is 0 Å². The van der Waals surface area contributed by atoms with E-state index in [4.69, 9.17) is 10.1 Å². The fourth-order valence-electron chi connectivity index (χ4n) is 6.14. The third-order valence-electron chi connectivity index (χ3n) is 8.37. The van der Waals surface area contributed by atoms with Crippen molar-refractivity contribution in [1.29, 1.82) is 5.41 Å². The maximum Gasteiger partial charge on any atom is 0.195 e. The molecule has 2 aliphatic heterocycles. The van der Waals surface area contributed by atoms with Gasteiger partial charge in [0, 0.05) is 72.3 Å². The SMILES string of the molecule is CC1(C)c2cc(N3CCN(C4COC4)CC3)c(CCCO)cc2C(=O)c2c1[nH]c1cc(C=N)ccc21. The number of benzene rings is 2. The maximum atomic E-state index is 14.0. The summed E-state index contributed by atoms with van der Waals surface area (Å²) in [6.07, 6.45) is 2.75. The van der Waals surface area contributed by atoms with Crippen molar-refractivity contribution in [2.45, 2.75) is 38.1 Å². The molecule has 3 N–H and O–H groups in total. The zero-order chi connectivity index (χ0) is 25.0. The average molecular weight is 487 g/mol. The molecule has 1 aliphatic carbocycles.